The summed E-state index contributed by atoms with van der Waals surface area (Å²) in [7, 11) is 0. The zero-order chi connectivity index (χ0) is 18.8. The van der Waals surface area contributed by atoms with Gasteiger partial charge in [-0.05, 0) is 54.3 Å². The minimum Gasteiger partial charge on any atom is -0.342 e. The van der Waals surface area contributed by atoms with Crippen LogP contribution in [-0.2, 0) is 12.8 Å². The van der Waals surface area contributed by atoms with Crippen LogP contribution in [0.5, 0.6) is 0 Å². The van der Waals surface area contributed by atoms with Crippen molar-refractivity contribution in [2.45, 2.75) is 19.8 Å². The van der Waals surface area contributed by atoms with E-state index in [0.29, 0.717) is 0 Å². The highest BCUT2D eigenvalue weighted by Gasteiger charge is 2.10. The molecule has 0 radical (unpaired) electrons. The predicted octanol–water partition coefficient (Wildman–Crippen LogP) is 5.87. The molecule has 0 amide bonds. The second-order valence-corrected chi connectivity index (χ2v) is 7.08. The summed E-state index contributed by atoms with van der Waals surface area (Å²) in [4.78, 5) is 20.0. The standard InChI is InChI=1S/C23H19ClN2O/c1-15(27)19-7-2-3-8-20(19)17-10-11-21-22(14-17)26-23(25-21)12-9-16-5-4-6-18(24)13-16/h2-8,10-11,13-14H,9,12H2,1H3,(H,25,26). The first-order chi connectivity index (χ1) is 13.1. The summed E-state index contributed by atoms with van der Waals surface area (Å²) < 4.78 is 0. The topological polar surface area (TPSA) is 45.8 Å². The molecule has 0 aliphatic heterocycles. The van der Waals surface area contributed by atoms with Crippen LogP contribution in [0.2, 0.25) is 5.02 Å². The van der Waals surface area contributed by atoms with E-state index in [9.17, 15) is 4.79 Å². The van der Waals surface area contributed by atoms with Gasteiger partial charge < -0.3 is 4.98 Å². The highest BCUT2D eigenvalue weighted by atomic mass is 35.5. The fourth-order valence-corrected chi connectivity index (χ4v) is 3.56. The summed E-state index contributed by atoms with van der Waals surface area (Å²) in [6.07, 6.45) is 1.69. The molecule has 0 fully saturated rings. The SMILES string of the molecule is CC(=O)c1ccccc1-c1ccc2nc(CCc3cccc(Cl)c3)[nH]c2c1. The molecule has 0 saturated heterocycles. The molecule has 4 heteroatoms. The highest BCUT2D eigenvalue weighted by Crippen LogP contribution is 2.27. The van der Waals surface area contributed by atoms with Crippen LogP contribution in [0.3, 0.4) is 0 Å². The zero-order valence-corrected chi connectivity index (χ0v) is 15.8. The van der Waals surface area contributed by atoms with Crippen LogP contribution >= 0.6 is 11.6 Å². The molecule has 1 aromatic heterocycles. The van der Waals surface area contributed by atoms with Crippen molar-refractivity contribution < 1.29 is 4.79 Å². The van der Waals surface area contributed by atoms with Gasteiger partial charge in [0.05, 0.1) is 11.0 Å². The van der Waals surface area contributed by atoms with Gasteiger partial charge in [0.2, 0.25) is 0 Å². The molecule has 3 aromatic carbocycles. The molecule has 0 aliphatic rings. The zero-order valence-electron chi connectivity index (χ0n) is 15.0. The number of ketones is 1. The van der Waals surface area contributed by atoms with Crippen molar-refractivity contribution in [3.05, 3.63) is 88.7 Å². The Morgan fingerprint density at radius 2 is 1.85 bits per heavy atom. The van der Waals surface area contributed by atoms with Crippen LogP contribution in [0.1, 0.15) is 28.7 Å². The number of carbonyl (C=O) groups excluding carboxylic acids is 1. The van der Waals surface area contributed by atoms with Crippen molar-refractivity contribution in [1.29, 1.82) is 0 Å². The molecule has 0 atom stereocenters. The number of fused-ring (bicyclic) bond motifs is 1. The number of H-pyrrole nitrogens is 1. The number of aromatic nitrogens is 2. The molecule has 4 aromatic rings. The number of Topliss-reactive ketones (excluding diaryl/α,β-unsaturated/α-hetero) is 1. The number of nitrogens with one attached hydrogen (secondary N) is 1. The largest absolute Gasteiger partial charge is 0.342 e. The van der Waals surface area contributed by atoms with Crippen molar-refractivity contribution in [2.24, 2.45) is 0 Å². The minimum absolute atomic E-state index is 0.0671. The third kappa shape index (κ3) is 3.79. The lowest BCUT2D eigenvalue weighted by Crippen LogP contribution is -1.95. The highest BCUT2D eigenvalue weighted by molar-refractivity contribution is 6.30. The molecule has 0 saturated carbocycles. The van der Waals surface area contributed by atoms with Crippen LogP contribution in [0.25, 0.3) is 22.2 Å². The lowest BCUT2D eigenvalue weighted by molar-refractivity contribution is 0.101. The maximum atomic E-state index is 11.9. The maximum absolute atomic E-state index is 11.9. The molecule has 27 heavy (non-hydrogen) atoms. The summed E-state index contributed by atoms with van der Waals surface area (Å²) in [5.41, 5.74) is 5.80. The van der Waals surface area contributed by atoms with E-state index < -0.39 is 0 Å². The van der Waals surface area contributed by atoms with E-state index in [1.807, 2.05) is 54.6 Å². The van der Waals surface area contributed by atoms with Crippen molar-refractivity contribution in [3.8, 4) is 11.1 Å². The number of halogens is 1. The summed E-state index contributed by atoms with van der Waals surface area (Å²) in [6, 6.07) is 21.7. The number of rotatable bonds is 5. The van der Waals surface area contributed by atoms with Gasteiger partial charge in [0.1, 0.15) is 5.82 Å². The van der Waals surface area contributed by atoms with Gasteiger partial charge in [-0.15, -0.1) is 0 Å². The van der Waals surface area contributed by atoms with E-state index in [0.717, 1.165) is 51.4 Å². The van der Waals surface area contributed by atoms with Gasteiger partial charge in [0.15, 0.2) is 5.78 Å². The first kappa shape index (κ1) is 17.5. The Morgan fingerprint density at radius 3 is 2.67 bits per heavy atom. The maximum Gasteiger partial charge on any atom is 0.160 e. The number of imidazole rings is 1. The summed E-state index contributed by atoms with van der Waals surface area (Å²) in [5.74, 6) is 1.01. The first-order valence-electron chi connectivity index (χ1n) is 8.93. The van der Waals surface area contributed by atoms with Gasteiger partial charge in [0, 0.05) is 17.0 Å². The van der Waals surface area contributed by atoms with Crippen molar-refractivity contribution >= 4 is 28.4 Å². The van der Waals surface area contributed by atoms with Crippen LogP contribution in [-0.4, -0.2) is 15.8 Å². The summed E-state index contributed by atoms with van der Waals surface area (Å²) >= 11 is 6.05. The fourth-order valence-electron chi connectivity index (χ4n) is 3.35. The van der Waals surface area contributed by atoms with Gasteiger partial charge in [-0.2, -0.15) is 0 Å². The first-order valence-corrected chi connectivity index (χ1v) is 9.31. The van der Waals surface area contributed by atoms with Gasteiger partial charge in [-0.3, -0.25) is 4.79 Å². The van der Waals surface area contributed by atoms with Gasteiger partial charge in [-0.25, -0.2) is 4.98 Å². The smallest absolute Gasteiger partial charge is 0.160 e. The number of benzene rings is 3. The third-order valence-corrected chi connectivity index (χ3v) is 4.92. The molecule has 0 spiro atoms. The van der Waals surface area contributed by atoms with E-state index >= 15 is 0 Å². The van der Waals surface area contributed by atoms with Gasteiger partial charge in [-0.1, -0.05) is 54.1 Å². The van der Waals surface area contributed by atoms with E-state index in [-0.39, 0.29) is 5.78 Å². The van der Waals surface area contributed by atoms with E-state index in [1.54, 1.807) is 6.92 Å². The van der Waals surface area contributed by atoms with Crippen LogP contribution in [0.4, 0.5) is 0 Å². The minimum atomic E-state index is 0.0671. The summed E-state index contributed by atoms with van der Waals surface area (Å²) in [5, 5.41) is 0.755. The van der Waals surface area contributed by atoms with Gasteiger partial charge >= 0.3 is 0 Å². The monoisotopic (exact) mass is 374 g/mol. The number of aromatic amines is 1. The Balaban J connectivity index is 1.62. The molecule has 4 rings (SSSR count). The number of nitrogens with zero attached hydrogens (tertiary/aromatic N) is 1. The van der Waals surface area contributed by atoms with Crippen LogP contribution in [0, 0.1) is 0 Å². The number of aryl methyl sites for hydroxylation is 2. The van der Waals surface area contributed by atoms with Crippen LogP contribution < -0.4 is 0 Å². The van der Waals surface area contributed by atoms with E-state index in [1.165, 1.54) is 5.56 Å². The molecular weight excluding hydrogens is 356 g/mol. The van der Waals surface area contributed by atoms with Crippen molar-refractivity contribution in [2.75, 3.05) is 0 Å². The van der Waals surface area contributed by atoms with E-state index in [2.05, 4.69) is 22.1 Å². The summed E-state index contributed by atoms with van der Waals surface area (Å²) in [6.45, 7) is 1.60. The molecule has 3 nitrogen and oxygen atoms in total. The van der Waals surface area contributed by atoms with Crippen molar-refractivity contribution in [1.82, 2.24) is 9.97 Å². The van der Waals surface area contributed by atoms with Gasteiger partial charge in [0.25, 0.3) is 0 Å². The Labute approximate surface area is 163 Å². The average Bonchev–Trinajstić information content (AvgIpc) is 3.08. The lowest BCUT2D eigenvalue weighted by atomic mass is 9.97. The molecule has 134 valence electrons. The molecular formula is C23H19ClN2O. The Kier molecular flexibility index (Phi) is 4.78. The number of carbonyl (C=O) groups is 1. The molecule has 1 heterocycles. The Morgan fingerprint density at radius 1 is 1.00 bits per heavy atom. The third-order valence-electron chi connectivity index (χ3n) is 4.69. The quantitative estimate of drug-likeness (QED) is 0.444. The normalized spacial score (nSPS) is 11.0. The van der Waals surface area contributed by atoms with E-state index in [4.69, 9.17) is 11.6 Å². The Hall–Kier alpha value is -2.91. The number of hydrogen-bond acceptors (Lipinski definition) is 2. The molecule has 0 bridgehead atoms. The second kappa shape index (κ2) is 7.37. The Bertz CT molecular complexity index is 1130. The molecule has 0 aliphatic carbocycles. The lowest BCUT2D eigenvalue weighted by Gasteiger charge is -2.06. The second-order valence-electron chi connectivity index (χ2n) is 6.65. The average molecular weight is 375 g/mol. The number of hydrogen-bond donors (Lipinski definition) is 1. The predicted molar refractivity (Wildman–Crippen MR) is 110 cm³/mol. The van der Waals surface area contributed by atoms with Crippen molar-refractivity contribution in [3.63, 3.8) is 0 Å². The fraction of sp³-hybridized carbons (Fsp3) is 0.130. The molecule has 1 N–H and O–H groups in total. The molecule has 0 unspecified atom stereocenters. The van der Waals surface area contributed by atoms with Crippen LogP contribution in [0.15, 0.2) is 66.7 Å².